The fraction of sp³-hybridized carbons (Fsp3) is 0.0769. The van der Waals surface area contributed by atoms with Crippen molar-refractivity contribution in [3.63, 3.8) is 0 Å². The first kappa shape index (κ1) is 15.1. The number of hydrogen-bond donors (Lipinski definition) is 1. The highest BCUT2D eigenvalue weighted by Gasteiger charge is 2.19. The van der Waals surface area contributed by atoms with Gasteiger partial charge in [0.25, 0.3) is 10.0 Å². The molecule has 0 heterocycles. The van der Waals surface area contributed by atoms with Gasteiger partial charge in [-0.3, -0.25) is 4.72 Å². The summed E-state index contributed by atoms with van der Waals surface area (Å²) in [6.45, 7) is 1.83. The molecule has 0 fully saturated rings. The maximum atomic E-state index is 13.7. The van der Waals surface area contributed by atoms with Crippen LogP contribution in [-0.2, 0) is 10.0 Å². The van der Waals surface area contributed by atoms with Crippen LogP contribution in [0.25, 0.3) is 0 Å². The van der Waals surface area contributed by atoms with Crippen molar-refractivity contribution in [1.29, 1.82) is 0 Å². The molecule has 2 aromatic rings. The quantitative estimate of drug-likeness (QED) is 0.854. The van der Waals surface area contributed by atoms with Gasteiger partial charge in [0.1, 0.15) is 11.5 Å². The van der Waals surface area contributed by atoms with E-state index in [-0.39, 0.29) is 20.6 Å². The third-order valence-electron chi connectivity index (χ3n) is 2.61. The van der Waals surface area contributed by atoms with Crippen molar-refractivity contribution in [3.8, 4) is 0 Å². The van der Waals surface area contributed by atoms with Crippen molar-refractivity contribution in [1.82, 2.24) is 0 Å². The molecule has 0 unspecified atom stereocenters. The summed E-state index contributed by atoms with van der Waals surface area (Å²) >= 11 is 11.6. The van der Waals surface area contributed by atoms with E-state index in [0.717, 1.165) is 11.6 Å². The standard InChI is InChI=1S/C13H10Cl2FNO2S/c1-8-2-4-9(5-3-8)20(18,19)17-13-11(16)7-6-10(14)12(13)15/h2-7,17H,1H3. The molecular formula is C13H10Cl2FNO2S. The number of hydrogen-bond acceptors (Lipinski definition) is 2. The lowest BCUT2D eigenvalue weighted by Crippen LogP contribution is -2.14. The van der Waals surface area contributed by atoms with Gasteiger partial charge in [-0.15, -0.1) is 0 Å². The number of nitrogens with one attached hydrogen (secondary N) is 1. The highest BCUT2D eigenvalue weighted by Crippen LogP contribution is 2.33. The lowest BCUT2D eigenvalue weighted by Gasteiger charge is -2.11. The van der Waals surface area contributed by atoms with E-state index in [4.69, 9.17) is 23.2 Å². The van der Waals surface area contributed by atoms with Crippen molar-refractivity contribution in [2.75, 3.05) is 4.72 Å². The Morgan fingerprint density at radius 1 is 1.05 bits per heavy atom. The second kappa shape index (κ2) is 5.60. The van der Waals surface area contributed by atoms with Gasteiger partial charge in [0.2, 0.25) is 0 Å². The molecule has 0 saturated heterocycles. The van der Waals surface area contributed by atoms with E-state index in [9.17, 15) is 12.8 Å². The monoisotopic (exact) mass is 333 g/mol. The zero-order chi connectivity index (χ0) is 14.9. The van der Waals surface area contributed by atoms with Gasteiger partial charge < -0.3 is 0 Å². The Morgan fingerprint density at radius 3 is 2.25 bits per heavy atom. The SMILES string of the molecule is Cc1ccc(S(=O)(=O)Nc2c(F)ccc(Cl)c2Cl)cc1. The summed E-state index contributed by atoms with van der Waals surface area (Å²) in [6, 6.07) is 8.43. The maximum absolute atomic E-state index is 13.7. The van der Waals surface area contributed by atoms with E-state index in [2.05, 4.69) is 4.72 Å². The van der Waals surface area contributed by atoms with Crippen molar-refractivity contribution in [3.05, 3.63) is 57.8 Å². The molecule has 0 aromatic heterocycles. The van der Waals surface area contributed by atoms with Crippen LogP contribution in [0, 0.1) is 12.7 Å². The highest BCUT2D eigenvalue weighted by molar-refractivity contribution is 7.92. The molecule has 0 radical (unpaired) electrons. The third kappa shape index (κ3) is 3.06. The summed E-state index contributed by atoms with van der Waals surface area (Å²) in [6.07, 6.45) is 0. The number of halogens is 3. The third-order valence-corrected chi connectivity index (χ3v) is 4.78. The van der Waals surface area contributed by atoms with Crippen LogP contribution in [0.5, 0.6) is 0 Å². The van der Waals surface area contributed by atoms with E-state index in [1.165, 1.54) is 18.2 Å². The topological polar surface area (TPSA) is 46.2 Å². The molecule has 0 bridgehead atoms. The van der Waals surface area contributed by atoms with E-state index in [1.807, 2.05) is 6.92 Å². The fourth-order valence-electron chi connectivity index (χ4n) is 1.53. The van der Waals surface area contributed by atoms with E-state index in [1.54, 1.807) is 12.1 Å². The van der Waals surface area contributed by atoms with Crippen LogP contribution < -0.4 is 4.72 Å². The number of rotatable bonds is 3. The fourth-order valence-corrected chi connectivity index (χ4v) is 3.03. The Hall–Kier alpha value is -1.30. The number of anilines is 1. The zero-order valence-corrected chi connectivity index (χ0v) is 12.7. The second-order valence-electron chi connectivity index (χ2n) is 4.14. The molecule has 3 nitrogen and oxygen atoms in total. The molecule has 2 aromatic carbocycles. The van der Waals surface area contributed by atoms with Gasteiger partial charge >= 0.3 is 0 Å². The average Bonchev–Trinajstić information content (AvgIpc) is 2.40. The largest absolute Gasteiger partial charge is 0.275 e. The molecule has 20 heavy (non-hydrogen) atoms. The van der Waals surface area contributed by atoms with Crippen LogP contribution in [0.2, 0.25) is 10.0 Å². The van der Waals surface area contributed by atoms with Crippen LogP contribution in [0.1, 0.15) is 5.56 Å². The van der Waals surface area contributed by atoms with E-state index in [0.29, 0.717) is 0 Å². The van der Waals surface area contributed by atoms with Crippen LogP contribution in [-0.4, -0.2) is 8.42 Å². The molecule has 106 valence electrons. The van der Waals surface area contributed by atoms with Gasteiger partial charge in [0.15, 0.2) is 0 Å². The van der Waals surface area contributed by atoms with Crippen LogP contribution in [0.4, 0.5) is 10.1 Å². The van der Waals surface area contributed by atoms with Crippen molar-refractivity contribution < 1.29 is 12.8 Å². The van der Waals surface area contributed by atoms with Gasteiger partial charge in [-0.05, 0) is 31.2 Å². The zero-order valence-electron chi connectivity index (χ0n) is 10.3. The summed E-state index contributed by atoms with van der Waals surface area (Å²) in [4.78, 5) is 0.0125. The molecule has 7 heteroatoms. The summed E-state index contributed by atoms with van der Waals surface area (Å²) in [5.74, 6) is -0.796. The average molecular weight is 334 g/mol. The highest BCUT2D eigenvalue weighted by atomic mass is 35.5. The molecular weight excluding hydrogens is 324 g/mol. The van der Waals surface area contributed by atoms with Crippen LogP contribution >= 0.6 is 23.2 Å². The minimum absolute atomic E-state index is 0.0125. The number of aryl methyl sites for hydroxylation is 1. The van der Waals surface area contributed by atoms with E-state index < -0.39 is 15.8 Å². The maximum Gasteiger partial charge on any atom is 0.262 e. The normalized spacial score (nSPS) is 11.4. The molecule has 0 atom stereocenters. The van der Waals surface area contributed by atoms with Gasteiger partial charge in [-0.25, -0.2) is 12.8 Å². The van der Waals surface area contributed by atoms with Crippen molar-refractivity contribution in [2.45, 2.75) is 11.8 Å². The van der Waals surface area contributed by atoms with Gasteiger partial charge in [0.05, 0.1) is 14.9 Å². The molecule has 0 aliphatic heterocycles. The summed E-state index contributed by atoms with van der Waals surface area (Å²) in [5.41, 5.74) is 0.552. The van der Waals surface area contributed by atoms with Gasteiger partial charge in [-0.2, -0.15) is 0 Å². The predicted octanol–water partition coefficient (Wildman–Crippen LogP) is 4.24. The Balaban J connectivity index is 2.43. The second-order valence-corrected chi connectivity index (χ2v) is 6.60. The summed E-state index contributed by atoms with van der Waals surface area (Å²) in [5, 5.41) is -0.114. The Labute approximate surface area is 126 Å². The molecule has 0 saturated carbocycles. The first-order chi connectivity index (χ1) is 9.31. The molecule has 0 aliphatic carbocycles. The number of sulfonamides is 1. The number of benzene rings is 2. The van der Waals surface area contributed by atoms with Crippen LogP contribution in [0.3, 0.4) is 0 Å². The molecule has 0 amide bonds. The van der Waals surface area contributed by atoms with Crippen molar-refractivity contribution >= 4 is 38.9 Å². The molecule has 0 aliphatic rings. The lowest BCUT2D eigenvalue weighted by atomic mass is 10.2. The smallest absolute Gasteiger partial charge is 0.262 e. The molecule has 0 spiro atoms. The summed E-state index contributed by atoms with van der Waals surface area (Å²) < 4.78 is 40.1. The Morgan fingerprint density at radius 2 is 1.65 bits per heavy atom. The van der Waals surface area contributed by atoms with Gasteiger partial charge in [0, 0.05) is 0 Å². The first-order valence-corrected chi connectivity index (χ1v) is 7.78. The lowest BCUT2D eigenvalue weighted by molar-refractivity contribution is 0.598. The van der Waals surface area contributed by atoms with E-state index >= 15 is 0 Å². The van der Waals surface area contributed by atoms with Gasteiger partial charge in [-0.1, -0.05) is 40.9 Å². The van der Waals surface area contributed by atoms with Crippen LogP contribution in [0.15, 0.2) is 41.3 Å². The minimum Gasteiger partial charge on any atom is -0.275 e. The molecule has 1 N–H and O–H groups in total. The Bertz CT molecular complexity index is 746. The Kier molecular flexibility index (Phi) is 4.22. The molecule has 2 rings (SSSR count). The van der Waals surface area contributed by atoms with Crippen molar-refractivity contribution in [2.24, 2.45) is 0 Å². The summed E-state index contributed by atoms with van der Waals surface area (Å²) in [7, 11) is -3.92. The minimum atomic E-state index is -3.92. The predicted molar refractivity (Wildman–Crippen MR) is 78.4 cm³/mol. The first-order valence-electron chi connectivity index (χ1n) is 5.54.